The van der Waals surface area contributed by atoms with Gasteiger partial charge in [-0.15, -0.1) is 0 Å². The standard InChI is InChI=1S/C19H17N5O2/c20-8-3-1-2-4-9-26-14-7-5-6-13(10-14)17-15(11-21)18(23)24-19(25)16(17)12-22/h5-7,10H,1-4,9H2,(H3,23,24,25). The fraction of sp³-hybridized carbons (Fsp3) is 0.263. The Bertz CT molecular complexity index is 973. The number of aromatic amines is 1. The first-order valence-electron chi connectivity index (χ1n) is 8.08. The molecule has 1 aromatic carbocycles. The second-order valence-electron chi connectivity index (χ2n) is 5.56. The Balaban J connectivity index is 2.29. The molecule has 26 heavy (non-hydrogen) atoms. The number of hydrogen-bond donors (Lipinski definition) is 2. The van der Waals surface area contributed by atoms with E-state index in [1.165, 1.54) is 0 Å². The van der Waals surface area contributed by atoms with E-state index in [1.807, 2.05) is 12.1 Å². The van der Waals surface area contributed by atoms with E-state index in [1.54, 1.807) is 24.3 Å². The van der Waals surface area contributed by atoms with Crippen molar-refractivity contribution >= 4 is 5.82 Å². The molecule has 1 heterocycles. The van der Waals surface area contributed by atoms with Crippen LogP contribution in [0.2, 0.25) is 0 Å². The Morgan fingerprint density at radius 1 is 1.08 bits per heavy atom. The number of hydrogen-bond acceptors (Lipinski definition) is 6. The minimum atomic E-state index is -0.636. The number of nitrogens with two attached hydrogens (primary N) is 1. The van der Waals surface area contributed by atoms with Crippen LogP contribution in [0.15, 0.2) is 29.1 Å². The number of pyridine rings is 1. The number of nitrogens with zero attached hydrogens (tertiary/aromatic N) is 3. The van der Waals surface area contributed by atoms with Gasteiger partial charge in [-0.2, -0.15) is 15.8 Å². The van der Waals surface area contributed by atoms with Gasteiger partial charge in [0.2, 0.25) is 0 Å². The number of aromatic nitrogens is 1. The minimum absolute atomic E-state index is 0.0507. The third-order valence-electron chi connectivity index (χ3n) is 3.79. The molecule has 0 atom stereocenters. The average Bonchev–Trinajstić information content (AvgIpc) is 2.64. The van der Waals surface area contributed by atoms with Crippen LogP contribution in [-0.4, -0.2) is 11.6 Å². The van der Waals surface area contributed by atoms with Gasteiger partial charge >= 0.3 is 0 Å². The van der Waals surface area contributed by atoms with Gasteiger partial charge in [-0.25, -0.2) is 0 Å². The van der Waals surface area contributed by atoms with E-state index in [2.05, 4.69) is 11.1 Å². The summed E-state index contributed by atoms with van der Waals surface area (Å²) in [6.07, 6.45) is 3.09. The van der Waals surface area contributed by atoms with E-state index < -0.39 is 5.56 Å². The number of ether oxygens (including phenoxy) is 1. The molecule has 0 aliphatic heterocycles. The predicted octanol–water partition coefficient (Wildman–Crippen LogP) is 2.83. The quantitative estimate of drug-likeness (QED) is 0.738. The summed E-state index contributed by atoms with van der Waals surface area (Å²) in [4.78, 5) is 14.3. The topological polar surface area (TPSA) is 139 Å². The van der Waals surface area contributed by atoms with Crippen molar-refractivity contribution in [3.05, 3.63) is 45.7 Å². The van der Waals surface area contributed by atoms with E-state index in [9.17, 15) is 15.3 Å². The lowest BCUT2D eigenvalue weighted by molar-refractivity contribution is 0.305. The van der Waals surface area contributed by atoms with Gasteiger partial charge in [0.1, 0.15) is 34.8 Å². The highest BCUT2D eigenvalue weighted by molar-refractivity contribution is 5.80. The van der Waals surface area contributed by atoms with Gasteiger partial charge in [0, 0.05) is 12.0 Å². The number of rotatable bonds is 7. The fourth-order valence-corrected chi connectivity index (χ4v) is 2.55. The van der Waals surface area contributed by atoms with Crippen molar-refractivity contribution in [1.29, 1.82) is 15.8 Å². The smallest absolute Gasteiger partial charge is 0.268 e. The molecule has 0 amide bonds. The Labute approximate surface area is 150 Å². The molecule has 130 valence electrons. The zero-order valence-electron chi connectivity index (χ0n) is 14.1. The number of benzene rings is 1. The van der Waals surface area contributed by atoms with Crippen LogP contribution in [0.1, 0.15) is 36.8 Å². The molecule has 7 nitrogen and oxygen atoms in total. The molecule has 0 bridgehead atoms. The SMILES string of the molecule is N#CCCCCCOc1cccc(-c2c(C#N)c(N)[nH]c(=O)c2C#N)c1. The maximum atomic E-state index is 12.0. The van der Waals surface area contributed by atoms with Gasteiger partial charge < -0.3 is 15.5 Å². The van der Waals surface area contributed by atoms with Crippen LogP contribution >= 0.6 is 0 Å². The summed E-state index contributed by atoms with van der Waals surface area (Å²) in [5, 5.41) is 27.2. The van der Waals surface area contributed by atoms with E-state index in [0.29, 0.717) is 24.3 Å². The first kappa shape index (κ1) is 18.6. The van der Waals surface area contributed by atoms with Crippen molar-refractivity contribution in [2.75, 3.05) is 12.3 Å². The van der Waals surface area contributed by atoms with Gasteiger partial charge in [0.25, 0.3) is 5.56 Å². The molecule has 2 aromatic rings. The van der Waals surface area contributed by atoms with Crippen LogP contribution in [0, 0.1) is 34.0 Å². The monoisotopic (exact) mass is 347 g/mol. The molecule has 0 radical (unpaired) electrons. The van der Waals surface area contributed by atoms with E-state index in [-0.39, 0.29) is 22.5 Å². The minimum Gasteiger partial charge on any atom is -0.494 e. The molecule has 0 fully saturated rings. The molecule has 0 spiro atoms. The maximum absolute atomic E-state index is 12.0. The summed E-state index contributed by atoms with van der Waals surface area (Å²) in [5.74, 6) is 0.490. The average molecular weight is 347 g/mol. The molecule has 0 unspecified atom stereocenters. The number of nitrogen functional groups attached to an aromatic ring is 1. The van der Waals surface area contributed by atoms with E-state index >= 15 is 0 Å². The molecule has 3 N–H and O–H groups in total. The van der Waals surface area contributed by atoms with Crippen molar-refractivity contribution < 1.29 is 4.74 Å². The molecule has 7 heteroatoms. The van der Waals surface area contributed by atoms with Crippen LogP contribution in [0.3, 0.4) is 0 Å². The molecule has 0 aliphatic carbocycles. The van der Waals surface area contributed by atoms with E-state index in [4.69, 9.17) is 15.7 Å². The zero-order chi connectivity index (χ0) is 18.9. The zero-order valence-corrected chi connectivity index (χ0v) is 14.1. The van der Waals surface area contributed by atoms with Gasteiger partial charge in [0.15, 0.2) is 0 Å². The van der Waals surface area contributed by atoms with E-state index in [0.717, 1.165) is 19.3 Å². The molecule has 0 aliphatic rings. The summed E-state index contributed by atoms with van der Waals surface area (Å²) in [7, 11) is 0. The van der Waals surface area contributed by atoms with Gasteiger partial charge in [-0.05, 0) is 37.0 Å². The largest absolute Gasteiger partial charge is 0.494 e. The second kappa shape index (κ2) is 8.92. The lowest BCUT2D eigenvalue weighted by atomic mass is 9.96. The van der Waals surface area contributed by atoms with Gasteiger partial charge in [-0.1, -0.05) is 12.1 Å². The number of nitrogens with one attached hydrogen (secondary N) is 1. The van der Waals surface area contributed by atoms with Crippen molar-refractivity contribution in [3.63, 3.8) is 0 Å². The predicted molar refractivity (Wildman–Crippen MR) is 95.9 cm³/mol. The van der Waals surface area contributed by atoms with Gasteiger partial charge in [-0.3, -0.25) is 4.79 Å². The molecule has 0 saturated carbocycles. The first-order chi connectivity index (χ1) is 12.6. The Hall–Kier alpha value is -3.76. The molecular formula is C19H17N5O2. The molecular weight excluding hydrogens is 330 g/mol. The van der Waals surface area contributed by atoms with Crippen LogP contribution in [0.25, 0.3) is 11.1 Å². The Kier molecular flexibility index (Phi) is 6.37. The van der Waals surface area contributed by atoms with Crippen molar-refractivity contribution in [2.24, 2.45) is 0 Å². The highest BCUT2D eigenvalue weighted by Gasteiger charge is 2.18. The molecule has 1 aromatic heterocycles. The molecule has 0 saturated heterocycles. The van der Waals surface area contributed by atoms with Crippen LogP contribution in [0.4, 0.5) is 5.82 Å². The third-order valence-corrected chi connectivity index (χ3v) is 3.79. The number of H-pyrrole nitrogens is 1. The van der Waals surface area contributed by atoms with Crippen molar-refractivity contribution in [3.8, 4) is 35.1 Å². The highest BCUT2D eigenvalue weighted by atomic mass is 16.5. The summed E-state index contributed by atoms with van der Waals surface area (Å²) in [6.45, 7) is 0.489. The van der Waals surface area contributed by atoms with Gasteiger partial charge in [0.05, 0.1) is 12.7 Å². The summed E-state index contributed by atoms with van der Waals surface area (Å²) in [6, 6.07) is 12.7. The van der Waals surface area contributed by atoms with Crippen LogP contribution in [0.5, 0.6) is 5.75 Å². The third kappa shape index (κ3) is 4.20. The second-order valence-corrected chi connectivity index (χ2v) is 5.56. The number of anilines is 1. The van der Waals surface area contributed by atoms with Crippen molar-refractivity contribution in [1.82, 2.24) is 4.98 Å². The summed E-state index contributed by atoms with van der Waals surface area (Å²) in [5.41, 5.74) is 5.70. The maximum Gasteiger partial charge on any atom is 0.268 e. The van der Waals surface area contributed by atoms with Crippen LogP contribution in [-0.2, 0) is 0 Å². The summed E-state index contributed by atoms with van der Waals surface area (Å²) < 4.78 is 5.69. The highest BCUT2D eigenvalue weighted by Crippen LogP contribution is 2.30. The normalized spacial score (nSPS) is 9.73. The molecule has 2 rings (SSSR count). The number of nitriles is 3. The Morgan fingerprint density at radius 3 is 2.54 bits per heavy atom. The lowest BCUT2D eigenvalue weighted by Gasteiger charge is -2.11. The van der Waals surface area contributed by atoms with Crippen molar-refractivity contribution in [2.45, 2.75) is 25.7 Å². The fourth-order valence-electron chi connectivity index (χ4n) is 2.55. The first-order valence-corrected chi connectivity index (χ1v) is 8.08. The number of unbranched alkanes of at least 4 members (excludes halogenated alkanes) is 3. The summed E-state index contributed by atoms with van der Waals surface area (Å²) >= 11 is 0. The van der Waals surface area contributed by atoms with Crippen LogP contribution < -0.4 is 16.0 Å². The lowest BCUT2D eigenvalue weighted by Crippen LogP contribution is -2.16. The Morgan fingerprint density at radius 2 is 1.85 bits per heavy atom.